The molecule has 1 amide bonds. The van der Waals surface area contributed by atoms with Crippen LogP contribution in [0.25, 0.3) is 0 Å². The molecule has 6 heteroatoms. The number of carbonyl (C=O) groups excluding carboxylic acids is 1. The van der Waals surface area contributed by atoms with E-state index >= 15 is 0 Å². The van der Waals surface area contributed by atoms with Crippen molar-refractivity contribution in [1.82, 2.24) is 0 Å². The second-order valence-corrected chi connectivity index (χ2v) is 5.77. The van der Waals surface area contributed by atoms with Crippen molar-refractivity contribution >= 4 is 28.9 Å². The summed E-state index contributed by atoms with van der Waals surface area (Å²) in [6, 6.07) is 5.66. The lowest BCUT2D eigenvalue weighted by molar-refractivity contribution is -0.144. The minimum Gasteiger partial charge on any atom is -0.376 e. The fraction of sp³-hybridized carbons (Fsp3) is 0.533. The van der Waals surface area contributed by atoms with Gasteiger partial charge in [-0.3, -0.25) is 4.79 Å². The molecule has 114 valence electrons. The Hall–Kier alpha value is -1.30. The van der Waals surface area contributed by atoms with Crippen LogP contribution in [-0.2, 0) is 14.3 Å². The number of hydrogen-bond donors (Lipinski definition) is 0. The molecule has 2 aliphatic rings. The fourth-order valence-electron chi connectivity index (χ4n) is 2.78. The van der Waals surface area contributed by atoms with Gasteiger partial charge in [-0.05, 0) is 24.6 Å². The first-order chi connectivity index (χ1) is 10.2. The summed E-state index contributed by atoms with van der Waals surface area (Å²) in [4.78, 5) is 16.7. The fourth-order valence-corrected chi connectivity index (χ4v) is 2.94. The lowest BCUT2D eigenvalue weighted by Crippen LogP contribution is -2.45. The van der Waals surface area contributed by atoms with Crippen molar-refractivity contribution in [2.45, 2.75) is 12.5 Å². The number of amides is 1. The van der Waals surface area contributed by atoms with Gasteiger partial charge >= 0.3 is 0 Å². The highest BCUT2D eigenvalue weighted by atomic mass is 35.5. The first-order valence-electron chi connectivity index (χ1n) is 7.18. The van der Waals surface area contributed by atoms with E-state index in [1.165, 1.54) is 0 Å². The molecule has 2 aliphatic heterocycles. The Bertz CT molecular complexity index is 532. The lowest BCUT2D eigenvalue weighted by atomic mass is 10.2. The number of carbonyl (C=O) groups is 1. The first-order valence-corrected chi connectivity index (χ1v) is 7.56. The number of ether oxygens (including phenoxy) is 2. The molecule has 2 heterocycles. The van der Waals surface area contributed by atoms with Crippen LogP contribution in [0.2, 0.25) is 5.02 Å². The van der Waals surface area contributed by atoms with Crippen LogP contribution in [-0.4, -0.2) is 52.0 Å². The molecular weight excluding hydrogens is 292 g/mol. The van der Waals surface area contributed by atoms with Gasteiger partial charge < -0.3 is 19.3 Å². The molecule has 1 atom stereocenters. The molecule has 0 bridgehead atoms. The minimum absolute atomic E-state index is 0.0477. The van der Waals surface area contributed by atoms with Gasteiger partial charge in [-0.2, -0.15) is 0 Å². The summed E-state index contributed by atoms with van der Waals surface area (Å²) in [5, 5.41) is 0.627. The van der Waals surface area contributed by atoms with Crippen molar-refractivity contribution in [3.8, 4) is 0 Å². The van der Waals surface area contributed by atoms with Gasteiger partial charge in [0, 0.05) is 25.2 Å². The van der Waals surface area contributed by atoms with Gasteiger partial charge in [-0.15, -0.1) is 0 Å². The van der Waals surface area contributed by atoms with E-state index in [4.69, 9.17) is 21.1 Å². The van der Waals surface area contributed by atoms with Gasteiger partial charge in [0.05, 0.1) is 31.2 Å². The topological polar surface area (TPSA) is 42.0 Å². The molecule has 0 unspecified atom stereocenters. The van der Waals surface area contributed by atoms with Gasteiger partial charge in [-0.25, -0.2) is 0 Å². The third-order valence-corrected chi connectivity index (χ3v) is 4.11. The number of halogens is 1. The maximum absolute atomic E-state index is 12.7. The van der Waals surface area contributed by atoms with E-state index in [0.717, 1.165) is 24.3 Å². The van der Waals surface area contributed by atoms with E-state index in [-0.39, 0.29) is 5.91 Å². The Balaban J connectivity index is 1.92. The molecule has 5 nitrogen and oxygen atoms in total. The van der Waals surface area contributed by atoms with Crippen LogP contribution in [0.1, 0.15) is 6.42 Å². The molecule has 0 N–H and O–H groups in total. The molecule has 0 spiro atoms. The molecule has 1 aromatic rings. The maximum Gasteiger partial charge on any atom is 0.258 e. The number of benzene rings is 1. The number of anilines is 2. The Labute approximate surface area is 129 Å². The van der Waals surface area contributed by atoms with E-state index in [1.807, 2.05) is 25.2 Å². The summed E-state index contributed by atoms with van der Waals surface area (Å²) in [5.41, 5.74) is 1.86. The second-order valence-electron chi connectivity index (χ2n) is 5.33. The molecule has 0 aromatic heterocycles. The maximum atomic E-state index is 12.7. The van der Waals surface area contributed by atoms with Crippen molar-refractivity contribution in [3.05, 3.63) is 23.2 Å². The zero-order chi connectivity index (χ0) is 14.8. The zero-order valence-electron chi connectivity index (χ0n) is 12.0. The van der Waals surface area contributed by atoms with E-state index in [2.05, 4.69) is 4.90 Å². The molecule has 0 aliphatic carbocycles. The van der Waals surface area contributed by atoms with Gasteiger partial charge in [0.25, 0.3) is 5.91 Å². The smallest absolute Gasteiger partial charge is 0.258 e. The van der Waals surface area contributed by atoms with Crippen molar-refractivity contribution in [2.24, 2.45) is 0 Å². The van der Waals surface area contributed by atoms with Gasteiger partial charge in [-0.1, -0.05) is 11.6 Å². The van der Waals surface area contributed by atoms with Crippen LogP contribution in [0, 0.1) is 0 Å². The summed E-state index contributed by atoms with van der Waals surface area (Å²) in [5.74, 6) is -0.0477. The summed E-state index contributed by atoms with van der Waals surface area (Å²) in [6.45, 7) is 2.90. The Morgan fingerprint density at radius 1 is 1.29 bits per heavy atom. The van der Waals surface area contributed by atoms with Gasteiger partial charge in [0.2, 0.25) is 0 Å². The summed E-state index contributed by atoms with van der Waals surface area (Å²) in [6.07, 6.45) is 0.385. The molecule has 0 radical (unpaired) electrons. The first kappa shape index (κ1) is 14.6. The third kappa shape index (κ3) is 3.00. The molecule has 3 rings (SSSR count). The average molecular weight is 311 g/mol. The Kier molecular flexibility index (Phi) is 4.33. The standard InChI is InChI=1S/C15H19ClN2O3/c1-17-5-2-6-18(13-9-11(16)3-4-12(13)17)15(19)14-10-20-7-8-21-14/h3-4,9,14H,2,5-8,10H2,1H3/t14-/m0/s1. The highest BCUT2D eigenvalue weighted by Crippen LogP contribution is 2.34. The van der Waals surface area contributed by atoms with Crippen molar-refractivity contribution < 1.29 is 14.3 Å². The monoisotopic (exact) mass is 310 g/mol. The average Bonchev–Trinajstić information content (AvgIpc) is 2.66. The Morgan fingerprint density at radius 3 is 2.90 bits per heavy atom. The van der Waals surface area contributed by atoms with Crippen LogP contribution >= 0.6 is 11.6 Å². The van der Waals surface area contributed by atoms with Crippen LogP contribution in [0.3, 0.4) is 0 Å². The van der Waals surface area contributed by atoms with Gasteiger partial charge in [0.1, 0.15) is 0 Å². The number of fused-ring (bicyclic) bond motifs is 1. The summed E-state index contributed by atoms with van der Waals surface area (Å²) >= 11 is 6.12. The number of rotatable bonds is 1. The van der Waals surface area contributed by atoms with E-state index in [0.29, 0.717) is 31.4 Å². The number of hydrogen-bond acceptors (Lipinski definition) is 4. The van der Waals surface area contributed by atoms with E-state index in [9.17, 15) is 4.79 Å². The van der Waals surface area contributed by atoms with Crippen LogP contribution < -0.4 is 9.80 Å². The zero-order valence-corrected chi connectivity index (χ0v) is 12.8. The summed E-state index contributed by atoms with van der Waals surface area (Å²) < 4.78 is 10.9. The molecular formula is C15H19ClN2O3. The molecule has 0 saturated carbocycles. The van der Waals surface area contributed by atoms with Crippen LogP contribution in [0.15, 0.2) is 18.2 Å². The van der Waals surface area contributed by atoms with Crippen LogP contribution in [0.5, 0.6) is 0 Å². The summed E-state index contributed by atoms with van der Waals surface area (Å²) in [7, 11) is 2.03. The van der Waals surface area contributed by atoms with E-state index in [1.54, 1.807) is 4.90 Å². The predicted octanol–water partition coefficient (Wildman–Crippen LogP) is 1.93. The normalized spacial score (nSPS) is 22.7. The molecule has 1 aromatic carbocycles. The molecule has 1 saturated heterocycles. The number of nitrogens with zero attached hydrogens (tertiary/aromatic N) is 2. The van der Waals surface area contributed by atoms with E-state index < -0.39 is 6.10 Å². The predicted molar refractivity (Wildman–Crippen MR) is 82.3 cm³/mol. The van der Waals surface area contributed by atoms with Crippen molar-refractivity contribution in [1.29, 1.82) is 0 Å². The van der Waals surface area contributed by atoms with Crippen molar-refractivity contribution in [2.75, 3.05) is 49.8 Å². The van der Waals surface area contributed by atoms with Gasteiger partial charge in [0.15, 0.2) is 6.10 Å². The highest BCUT2D eigenvalue weighted by Gasteiger charge is 2.31. The largest absolute Gasteiger partial charge is 0.376 e. The lowest BCUT2D eigenvalue weighted by Gasteiger charge is -2.30. The minimum atomic E-state index is -0.519. The molecule has 1 fully saturated rings. The highest BCUT2D eigenvalue weighted by molar-refractivity contribution is 6.31. The molecule has 21 heavy (non-hydrogen) atoms. The second kappa shape index (κ2) is 6.22. The van der Waals surface area contributed by atoms with Crippen LogP contribution in [0.4, 0.5) is 11.4 Å². The third-order valence-electron chi connectivity index (χ3n) is 3.87. The quantitative estimate of drug-likeness (QED) is 0.795. The SMILES string of the molecule is CN1CCCN(C(=O)[C@@H]2COCCO2)c2cc(Cl)ccc21. The Morgan fingerprint density at radius 2 is 2.14 bits per heavy atom. The van der Waals surface area contributed by atoms with Crippen molar-refractivity contribution in [3.63, 3.8) is 0 Å².